The standard InChI is InChI=1S/C19H20N2O3S/c1-13-5-4-6-15(11-13)20-19(25)21-18(22)10-8-14-7-9-16(23-2)17(12-14)24-3/h4-12H,1-3H3,(H2,20,21,22,25)/b10-8+. The van der Waals surface area contributed by atoms with Crippen LogP contribution in [0.5, 0.6) is 11.5 Å². The van der Waals surface area contributed by atoms with Gasteiger partial charge in [-0.25, -0.2) is 0 Å². The van der Waals surface area contributed by atoms with Crippen molar-refractivity contribution in [2.24, 2.45) is 0 Å². The van der Waals surface area contributed by atoms with Crippen molar-refractivity contribution in [2.75, 3.05) is 19.5 Å². The highest BCUT2D eigenvalue weighted by atomic mass is 32.1. The third kappa shape index (κ3) is 5.61. The van der Waals surface area contributed by atoms with Crippen LogP contribution in [0, 0.1) is 6.92 Å². The van der Waals surface area contributed by atoms with Gasteiger partial charge >= 0.3 is 0 Å². The zero-order chi connectivity index (χ0) is 18.2. The van der Waals surface area contributed by atoms with E-state index in [9.17, 15) is 4.79 Å². The van der Waals surface area contributed by atoms with Crippen LogP contribution in [0.3, 0.4) is 0 Å². The number of ether oxygens (including phenoxy) is 2. The van der Waals surface area contributed by atoms with Gasteiger partial charge in [0.1, 0.15) is 0 Å². The highest BCUT2D eigenvalue weighted by Gasteiger charge is 2.04. The summed E-state index contributed by atoms with van der Waals surface area (Å²) in [5, 5.41) is 5.83. The van der Waals surface area contributed by atoms with E-state index in [-0.39, 0.29) is 11.0 Å². The molecular formula is C19H20N2O3S. The minimum atomic E-state index is -0.320. The minimum absolute atomic E-state index is 0.243. The van der Waals surface area contributed by atoms with Crippen molar-refractivity contribution < 1.29 is 14.3 Å². The molecule has 1 amide bonds. The van der Waals surface area contributed by atoms with Gasteiger partial charge in [-0.15, -0.1) is 0 Å². The van der Waals surface area contributed by atoms with E-state index in [2.05, 4.69) is 10.6 Å². The molecule has 5 nitrogen and oxygen atoms in total. The Kier molecular flexibility index (Phi) is 6.54. The molecule has 0 spiro atoms. The second-order valence-corrected chi connectivity index (χ2v) is 5.67. The molecule has 0 radical (unpaired) electrons. The minimum Gasteiger partial charge on any atom is -0.493 e. The van der Waals surface area contributed by atoms with Crippen molar-refractivity contribution in [3.63, 3.8) is 0 Å². The maximum Gasteiger partial charge on any atom is 0.250 e. The lowest BCUT2D eigenvalue weighted by Crippen LogP contribution is -2.32. The van der Waals surface area contributed by atoms with Crippen molar-refractivity contribution in [3.8, 4) is 11.5 Å². The fraction of sp³-hybridized carbons (Fsp3) is 0.158. The van der Waals surface area contributed by atoms with E-state index in [0.29, 0.717) is 11.5 Å². The smallest absolute Gasteiger partial charge is 0.250 e. The summed E-state index contributed by atoms with van der Waals surface area (Å²) in [5.74, 6) is 0.911. The molecule has 0 fully saturated rings. The molecule has 2 rings (SSSR count). The third-order valence-electron chi connectivity index (χ3n) is 3.35. The van der Waals surface area contributed by atoms with Crippen LogP contribution in [0.15, 0.2) is 48.5 Å². The summed E-state index contributed by atoms with van der Waals surface area (Å²) >= 11 is 5.15. The van der Waals surface area contributed by atoms with Crippen LogP contribution in [0.4, 0.5) is 5.69 Å². The van der Waals surface area contributed by atoms with Gasteiger partial charge in [-0.2, -0.15) is 0 Å². The zero-order valence-electron chi connectivity index (χ0n) is 14.3. The van der Waals surface area contributed by atoms with Crippen LogP contribution >= 0.6 is 12.2 Å². The predicted octanol–water partition coefficient (Wildman–Crippen LogP) is 3.54. The summed E-state index contributed by atoms with van der Waals surface area (Å²) in [4.78, 5) is 12.0. The van der Waals surface area contributed by atoms with Crippen LogP contribution in [-0.2, 0) is 4.79 Å². The number of aryl methyl sites for hydroxylation is 1. The van der Waals surface area contributed by atoms with Gasteiger partial charge in [0.25, 0.3) is 0 Å². The fourth-order valence-electron chi connectivity index (χ4n) is 2.17. The lowest BCUT2D eigenvalue weighted by atomic mass is 10.2. The van der Waals surface area contributed by atoms with Gasteiger partial charge in [-0.05, 0) is 60.6 Å². The number of rotatable bonds is 5. The summed E-state index contributed by atoms with van der Waals surface area (Å²) in [7, 11) is 3.14. The quantitative estimate of drug-likeness (QED) is 0.634. The number of anilines is 1. The lowest BCUT2D eigenvalue weighted by Gasteiger charge is -2.09. The van der Waals surface area contributed by atoms with Crippen LogP contribution in [-0.4, -0.2) is 25.2 Å². The maximum atomic E-state index is 12.0. The third-order valence-corrected chi connectivity index (χ3v) is 3.55. The molecule has 0 aliphatic carbocycles. The lowest BCUT2D eigenvalue weighted by molar-refractivity contribution is -0.115. The second-order valence-electron chi connectivity index (χ2n) is 5.26. The van der Waals surface area contributed by atoms with E-state index >= 15 is 0 Å². The number of amides is 1. The van der Waals surface area contributed by atoms with E-state index in [1.807, 2.05) is 37.3 Å². The summed E-state index contributed by atoms with van der Waals surface area (Å²) in [6.45, 7) is 1.98. The highest BCUT2D eigenvalue weighted by molar-refractivity contribution is 7.80. The molecule has 0 saturated carbocycles. The van der Waals surface area contributed by atoms with Crippen molar-refractivity contribution in [1.82, 2.24) is 5.32 Å². The number of hydrogen-bond acceptors (Lipinski definition) is 4. The first-order valence-corrected chi connectivity index (χ1v) is 8.01. The number of thiocarbonyl (C=S) groups is 1. The Bertz CT molecular complexity index is 803. The Labute approximate surface area is 152 Å². The summed E-state index contributed by atoms with van der Waals surface area (Å²) < 4.78 is 10.4. The molecular weight excluding hydrogens is 336 g/mol. The molecule has 0 aliphatic rings. The van der Waals surface area contributed by atoms with Gasteiger partial charge in [0.05, 0.1) is 14.2 Å². The van der Waals surface area contributed by atoms with Crippen molar-refractivity contribution in [2.45, 2.75) is 6.92 Å². The topological polar surface area (TPSA) is 59.6 Å². The summed E-state index contributed by atoms with van der Waals surface area (Å²) in [5.41, 5.74) is 2.74. The molecule has 2 N–H and O–H groups in total. The Balaban J connectivity index is 1.95. The van der Waals surface area contributed by atoms with Crippen molar-refractivity contribution in [3.05, 3.63) is 59.7 Å². The molecule has 130 valence electrons. The average Bonchev–Trinajstić information content (AvgIpc) is 2.59. The first kappa shape index (κ1) is 18.5. The van der Waals surface area contributed by atoms with E-state index in [4.69, 9.17) is 21.7 Å². The number of methoxy groups -OCH3 is 2. The maximum absolute atomic E-state index is 12.0. The SMILES string of the molecule is COc1ccc(/C=C/C(=O)NC(=S)Nc2cccc(C)c2)cc1OC. The predicted molar refractivity (Wildman–Crippen MR) is 104 cm³/mol. The van der Waals surface area contributed by atoms with Gasteiger partial charge < -0.3 is 14.8 Å². The Hall–Kier alpha value is -2.86. The summed E-state index contributed by atoms with van der Waals surface area (Å²) in [6.07, 6.45) is 3.08. The first-order valence-electron chi connectivity index (χ1n) is 7.60. The van der Waals surface area contributed by atoms with Crippen LogP contribution in [0.25, 0.3) is 6.08 Å². The van der Waals surface area contributed by atoms with E-state index in [1.54, 1.807) is 32.4 Å². The van der Waals surface area contributed by atoms with E-state index in [0.717, 1.165) is 16.8 Å². The molecule has 0 saturated heterocycles. The largest absolute Gasteiger partial charge is 0.493 e. The molecule has 0 aliphatic heterocycles. The van der Waals surface area contributed by atoms with E-state index in [1.165, 1.54) is 6.08 Å². The van der Waals surface area contributed by atoms with Gasteiger partial charge in [-0.3, -0.25) is 10.1 Å². The summed E-state index contributed by atoms with van der Waals surface area (Å²) in [6, 6.07) is 13.1. The average molecular weight is 356 g/mol. The fourth-order valence-corrected chi connectivity index (χ4v) is 2.39. The molecule has 0 unspecified atom stereocenters. The molecule has 0 aromatic heterocycles. The molecule has 2 aromatic rings. The Morgan fingerprint density at radius 1 is 1.08 bits per heavy atom. The van der Waals surface area contributed by atoms with Crippen LogP contribution in [0.2, 0.25) is 0 Å². The number of benzene rings is 2. The second kappa shape index (κ2) is 8.84. The molecule has 25 heavy (non-hydrogen) atoms. The number of nitrogens with one attached hydrogen (secondary N) is 2. The number of hydrogen-bond donors (Lipinski definition) is 2. The van der Waals surface area contributed by atoms with Crippen molar-refractivity contribution >= 4 is 35.0 Å². The molecule has 0 atom stereocenters. The van der Waals surface area contributed by atoms with Gasteiger partial charge in [0.2, 0.25) is 5.91 Å². The first-order chi connectivity index (χ1) is 12.0. The van der Waals surface area contributed by atoms with E-state index < -0.39 is 0 Å². The monoisotopic (exact) mass is 356 g/mol. The normalized spacial score (nSPS) is 10.4. The van der Waals surface area contributed by atoms with Crippen molar-refractivity contribution in [1.29, 1.82) is 0 Å². The highest BCUT2D eigenvalue weighted by Crippen LogP contribution is 2.27. The van der Waals surface area contributed by atoms with Crippen LogP contribution < -0.4 is 20.1 Å². The molecule has 0 bridgehead atoms. The van der Waals surface area contributed by atoms with Gasteiger partial charge in [0, 0.05) is 11.8 Å². The number of carbonyl (C=O) groups is 1. The number of carbonyl (C=O) groups excluding carboxylic acids is 1. The molecule has 0 heterocycles. The molecule has 6 heteroatoms. The van der Waals surface area contributed by atoms with Crippen LogP contribution in [0.1, 0.15) is 11.1 Å². The van der Waals surface area contributed by atoms with Gasteiger partial charge in [0.15, 0.2) is 16.6 Å². The zero-order valence-corrected chi connectivity index (χ0v) is 15.1. The Morgan fingerprint density at radius 3 is 2.52 bits per heavy atom. The Morgan fingerprint density at radius 2 is 1.84 bits per heavy atom. The molecule has 2 aromatic carbocycles. The van der Waals surface area contributed by atoms with Gasteiger partial charge in [-0.1, -0.05) is 18.2 Å².